The molecule has 1 aromatic carbocycles. The molecule has 6 nitrogen and oxygen atoms in total. The molecule has 2 aromatic heterocycles. The van der Waals surface area contributed by atoms with E-state index >= 15 is 0 Å². The lowest BCUT2D eigenvalue weighted by Crippen LogP contribution is -2.31. The monoisotopic (exact) mass is 339 g/mol. The van der Waals surface area contributed by atoms with Crippen LogP contribution in [0.2, 0.25) is 0 Å². The van der Waals surface area contributed by atoms with Crippen LogP contribution in [0.1, 0.15) is 36.0 Å². The quantitative estimate of drug-likeness (QED) is 0.717. The molecule has 6 heteroatoms. The van der Waals surface area contributed by atoms with E-state index in [1.165, 1.54) is 0 Å². The number of amides is 1. The van der Waals surface area contributed by atoms with Crippen LogP contribution in [-0.2, 0) is 0 Å². The Bertz CT molecular complexity index is 744. The normalized spacial score (nSPS) is 12.1. The molecular weight excluding hydrogens is 318 g/mol. The van der Waals surface area contributed by atoms with E-state index in [-0.39, 0.29) is 18.1 Å². The molecule has 1 N–H and O–H groups in total. The van der Waals surface area contributed by atoms with Crippen molar-refractivity contribution in [2.45, 2.75) is 26.0 Å². The molecule has 0 saturated heterocycles. The Morgan fingerprint density at radius 1 is 1.24 bits per heavy atom. The van der Waals surface area contributed by atoms with Crippen LogP contribution in [0.3, 0.4) is 0 Å². The lowest BCUT2D eigenvalue weighted by molar-refractivity contribution is 0.0948. The van der Waals surface area contributed by atoms with E-state index in [1.54, 1.807) is 41.4 Å². The lowest BCUT2D eigenvalue weighted by atomic mass is 10.2. The zero-order chi connectivity index (χ0) is 17.6. The van der Waals surface area contributed by atoms with Crippen molar-refractivity contribution in [1.82, 2.24) is 15.1 Å². The fourth-order valence-electron chi connectivity index (χ4n) is 2.52. The number of ether oxygens (including phenoxy) is 1. The van der Waals surface area contributed by atoms with Gasteiger partial charge in [-0.3, -0.25) is 9.48 Å². The number of nitrogens with zero attached hydrogens (tertiary/aromatic N) is 2. The average molecular weight is 339 g/mol. The minimum atomic E-state index is -0.197. The second kappa shape index (κ2) is 7.70. The van der Waals surface area contributed by atoms with E-state index in [9.17, 15) is 4.79 Å². The van der Waals surface area contributed by atoms with Crippen LogP contribution in [0.15, 0.2) is 65.5 Å². The molecule has 0 aliphatic carbocycles. The largest absolute Gasteiger partial charge is 0.491 e. The van der Waals surface area contributed by atoms with Crippen molar-refractivity contribution in [3.63, 3.8) is 0 Å². The van der Waals surface area contributed by atoms with Crippen molar-refractivity contribution in [3.05, 3.63) is 72.4 Å². The van der Waals surface area contributed by atoms with Gasteiger partial charge in [0, 0.05) is 24.5 Å². The summed E-state index contributed by atoms with van der Waals surface area (Å²) in [5.41, 5.74) is 0.578. The summed E-state index contributed by atoms with van der Waals surface area (Å²) < 4.78 is 12.8. The van der Waals surface area contributed by atoms with Crippen LogP contribution in [0, 0.1) is 0 Å². The molecule has 0 unspecified atom stereocenters. The van der Waals surface area contributed by atoms with Gasteiger partial charge in [0.1, 0.15) is 17.6 Å². The molecule has 2 heterocycles. The smallest absolute Gasteiger partial charge is 0.251 e. The Morgan fingerprint density at radius 3 is 2.64 bits per heavy atom. The number of carbonyl (C=O) groups is 1. The fourth-order valence-corrected chi connectivity index (χ4v) is 2.52. The summed E-state index contributed by atoms with van der Waals surface area (Å²) in [6.45, 7) is 4.30. The van der Waals surface area contributed by atoms with E-state index in [0.717, 1.165) is 11.5 Å². The maximum atomic E-state index is 12.4. The van der Waals surface area contributed by atoms with Crippen LogP contribution in [0.25, 0.3) is 0 Å². The SMILES string of the molecule is CC(C)Oc1ccc(C(=O)NC[C@H](c2ccco2)n2cccn2)cc1. The number of hydrogen-bond donors (Lipinski definition) is 1. The summed E-state index contributed by atoms with van der Waals surface area (Å²) in [6, 6.07) is 12.4. The highest BCUT2D eigenvalue weighted by Crippen LogP contribution is 2.18. The van der Waals surface area contributed by atoms with E-state index in [1.807, 2.05) is 38.2 Å². The van der Waals surface area contributed by atoms with Crippen molar-refractivity contribution in [1.29, 1.82) is 0 Å². The van der Waals surface area contributed by atoms with Gasteiger partial charge in [-0.1, -0.05) is 0 Å². The molecule has 0 aliphatic heterocycles. The summed E-state index contributed by atoms with van der Waals surface area (Å²) in [4.78, 5) is 12.4. The van der Waals surface area contributed by atoms with Crippen molar-refractivity contribution < 1.29 is 13.9 Å². The van der Waals surface area contributed by atoms with Gasteiger partial charge < -0.3 is 14.5 Å². The van der Waals surface area contributed by atoms with E-state index < -0.39 is 0 Å². The predicted molar refractivity (Wildman–Crippen MR) is 93.6 cm³/mol. The van der Waals surface area contributed by atoms with E-state index in [0.29, 0.717) is 12.1 Å². The highest BCUT2D eigenvalue weighted by Gasteiger charge is 2.18. The number of hydrogen-bond acceptors (Lipinski definition) is 4. The standard InChI is InChI=1S/C19H21N3O3/c1-14(2)25-16-8-6-15(7-9-16)19(23)20-13-17(18-5-3-12-24-18)22-11-4-10-21-22/h3-12,14,17H,13H2,1-2H3,(H,20,23)/t17-/m1/s1. The summed E-state index contributed by atoms with van der Waals surface area (Å²) >= 11 is 0. The van der Waals surface area contributed by atoms with Crippen LogP contribution in [0.5, 0.6) is 5.75 Å². The van der Waals surface area contributed by atoms with Gasteiger partial charge in [-0.25, -0.2) is 0 Å². The molecule has 0 saturated carbocycles. The fraction of sp³-hybridized carbons (Fsp3) is 0.263. The highest BCUT2D eigenvalue weighted by molar-refractivity contribution is 5.94. The molecule has 3 rings (SSSR count). The molecule has 1 amide bonds. The van der Waals surface area contributed by atoms with Crippen LogP contribution < -0.4 is 10.1 Å². The number of furan rings is 1. The number of benzene rings is 1. The van der Waals surface area contributed by atoms with Crippen molar-refractivity contribution in [2.75, 3.05) is 6.54 Å². The van der Waals surface area contributed by atoms with Crippen LogP contribution >= 0.6 is 0 Å². The third kappa shape index (κ3) is 4.29. The van der Waals surface area contributed by atoms with Crippen LogP contribution in [-0.4, -0.2) is 28.3 Å². The first-order chi connectivity index (χ1) is 12.1. The Labute approximate surface area is 146 Å². The molecule has 130 valence electrons. The average Bonchev–Trinajstić information content (AvgIpc) is 3.29. The molecule has 0 spiro atoms. The molecule has 0 fully saturated rings. The molecule has 0 aliphatic rings. The molecule has 1 atom stereocenters. The van der Waals surface area contributed by atoms with Crippen LogP contribution in [0.4, 0.5) is 0 Å². The lowest BCUT2D eigenvalue weighted by Gasteiger charge is -2.16. The summed E-state index contributed by atoms with van der Waals surface area (Å²) in [5, 5.41) is 7.19. The van der Waals surface area contributed by atoms with Gasteiger partial charge in [0.25, 0.3) is 5.91 Å². The van der Waals surface area contributed by atoms with E-state index in [4.69, 9.17) is 9.15 Å². The second-order valence-electron chi connectivity index (χ2n) is 5.92. The Morgan fingerprint density at radius 2 is 2.04 bits per heavy atom. The van der Waals surface area contributed by atoms with Crippen molar-refractivity contribution in [2.24, 2.45) is 0 Å². The third-order valence-electron chi connectivity index (χ3n) is 3.66. The Kier molecular flexibility index (Phi) is 5.18. The van der Waals surface area contributed by atoms with Gasteiger partial charge in [-0.15, -0.1) is 0 Å². The second-order valence-corrected chi connectivity index (χ2v) is 5.92. The summed E-state index contributed by atoms with van der Waals surface area (Å²) in [6.07, 6.45) is 5.26. The maximum Gasteiger partial charge on any atom is 0.251 e. The predicted octanol–water partition coefficient (Wildman–Crippen LogP) is 3.28. The van der Waals surface area contributed by atoms with Gasteiger partial charge in [-0.2, -0.15) is 5.10 Å². The molecule has 0 radical (unpaired) electrons. The first-order valence-corrected chi connectivity index (χ1v) is 8.21. The molecular formula is C19H21N3O3. The zero-order valence-corrected chi connectivity index (χ0v) is 14.3. The maximum absolute atomic E-state index is 12.4. The first-order valence-electron chi connectivity index (χ1n) is 8.21. The van der Waals surface area contributed by atoms with Crippen molar-refractivity contribution in [3.8, 4) is 5.75 Å². The Hall–Kier alpha value is -3.02. The van der Waals surface area contributed by atoms with Gasteiger partial charge in [0.05, 0.1) is 12.4 Å². The topological polar surface area (TPSA) is 69.3 Å². The van der Waals surface area contributed by atoms with Gasteiger partial charge >= 0.3 is 0 Å². The molecule has 0 bridgehead atoms. The zero-order valence-electron chi connectivity index (χ0n) is 14.3. The van der Waals surface area contributed by atoms with Gasteiger partial charge in [0.15, 0.2) is 0 Å². The Balaban J connectivity index is 1.65. The number of aromatic nitrogens is 2. The minimum absolute atomic E-state index is 0.0998. The van der Waals surface area contributed by atoms with Gasteiger partial charge in [0.2, 0.25) is 0 Å². The molecule has 25 heavy (non-hydrogen) atoms. The number of rotatable bonds is 7. The first kappa shape index (κ1) is 16.8. The van der Waals surface area contributed by atoms with Gasteiger partial charge in [-0.05, 0) is 56.3 Å². The number of nitrogens with one attached hydrogen (secondary N) is 1. The summed E-state index contributed by atoms with van der Waals surface area (Å²) in [5.74, 6) is 1.33. The third-order valence-corrected chi connectivity index (χ3v) is 3.66. The summed E-state index contributed by atoms with van der Waals surface area (Å²) in [7, 11) is 0. The van der Waals surface area contributed by atoms with E-state index in [2.05, 4.69) is 10.4 Å². The highest BCUT2D eigenvalue weighted by atomic mass is 16.5. The number of carbonyl (C=O) groups excluding carboxylic acids is 1. The molecule has 3 aromatic rings. The minimum Gasteiger partial charge on any atom is -0.491 e. The van der Waals surface area contributed by atoms with Crippen molar-refractivity contribution >= 4 is 5.91 Å².